The number of nitrogens with one attached hydrogen (secondary N) is 1. The second-order valence-electron chi connectivity index (χ2n) is 7.38. The summed E-state index contributed by atoms with van der Waals surface area (Å²) in [6.07, 6.45) is 0.918. The first-order valence-electron chi connectivity index (χ1n) is 10.4. The summed E-state index contributed by atoms with van der Waals surface area (Å²) in [6.45, 7) is 2.98. The molecule has 10 heteroatoms. The van der Waals surface area contributed by atoms with E-state index in [0.29, 0.717) is 12.2 Å². The fraction of sp³-hybridized carbons (Fsp3) is 0.391. The number of aromatic nitrogens is 1. The van der Waals surface area contributed by atoms with Crippen LogP contribution in [0.25, 0.3) is 0 Å². The molecule has 1 aliphatic rings. The van der Waals surface area contributed by atoms with E-state index in [2.05, 4.69) is 10.3 Å². The summed E-state index contributed by atoms with van der Waals surface area (Å²) in [5, 5.41) is 2.54. The number of carbonyl (C=O) groups is 3. The molecule has 3 atom stereocenters. The summed E-state index contributed by atoms with van der Waals surface area (Å²) in [6, 6.07) is 9.60. The maximum Gasteiger partial charge on any atom is 0.331 e. The van der Waals surface area contributed by atoms with Crippen LogP contribution in [0.4, 0.5) is 0 Å². The molecule has 0 spiro atoms. The molecule has 2 unspecified atom stereocenters. The minimum Gasteiger partial charge on any atom is -0.493 e. The first-order valence-corrected chi connectivity index (χ1v) is 10.4. The van der Waals surface area contributed by atoms with Crippen molar-refractivity contribution in [1.82, 2.24) is 10.3 Å². The van der Waals surface area contributed by atoms with Gasteiger partial charge in [-0.25, -0.2) is 9.78 Å². The lowest BCUT2D eigenvalue weighted by Crippen LogP contribution is -2.45. The second kappa shape index (κ2) is 11.3. The van der Waals surface area contributed by atoms with E-state index in [0.717, 1.165) is 0 Å². The van der Waals surface area contributed by atoms with Crippen molar-refractivity contribution in [2.75, 3.05) is 20.3 Å². The molecule has 0 saturated carbocycles. The Kier molecular flexibility index (Phi) is 8.20. The highest BCUT2D eigenvalue weighted by molar-refractivity contribution is 5.98. The number of rotatable bonds is 6. The molecule has 2 heterocycles. The Morgan fingerprint density at radius 2 is 1.91 bits per heavy atom. The number of hydrogen-bond acceptors (Lipinski definition) is 9. The van der Waals surface area contributed by atoms with Crippen LogP contribution in [0, 0.1) is 0 Å². The van der Waals surface area contributed by atoms with Gasteiger partial charge in [0.2, 0.25) is 5.75 Å². The van der Waals surface area contributed by atoms with Crippen molar-refractivity contribution in [2.45, 2.75) is 38.5 Å². The van der Waals surface area contributed by atoms with Gasteiger partial charge in [0.05, 0.1) is 20.3 Å². The standard InChI is InChI=1S/C23H26N2O8/c1-14-11-17(33-16-7-5-4-6-8-16)12-30-13-18(23(28)31-14)25-22(27)20-21(32-15(2)26)19(29-3)9-10-24-20/h4-10,14,17-18H,11-13H2,1-3H3,(H,25,27)/t14?,17?,18-/m0/s1. The second-order valence-corrected chi connectivity index (χ2v) is 7.38. The average molecular weight is 458 g/mol. The minimum atomic E-state index is -1.10. The van der Waals surface area contributed by atoms with Crippen molar-refractivity contribution >= 4 is 17.8 Å². The Bertz CT molecular complexity index is 982. The van der Waals surface area contributed by atoms with E-state index in [-0.39, 0.29) is 36.5 Å². The molecule has 176 valence electrons. The molecule has 0 radical (unpaired) electrons. The van der Waals surface area contributed by atoms with Crippen molar-refractivity contribution < 1.29 is 38.1 Å². The van der Waals surface area contributed by atoms with Crippen molar-refractivity contribution in [3.05, 3.63) is 48.3 Å². The van der Waals surface area contributed by atoms with E-state index in [9.17, 15) is 14.4 Å². The average Bonchev–Trinajstić information content (AvgIpc) is 2.83. The van der Waals surface area contributed by atoms with Crippen LogP contribution in [0.3, 0.4) is 0 Å². The molecule has 10 nitrogen and oxygen atoms in total. The van der Waals surface area contributed by atoms with Crippen LogP contribution in [0.15, 0.2) is 42.6 Å². The Balaban J connectivity index is 1.71. The third kappa shape index (κ3) is 6.66. The minimum absolute atomic E-state index is 0.140. The molecule has 0 aliphatic carbocycles. The molecular weight excluding hydrogens is 432 g/mol. The summed E-state index contributed by atoms with van der Waals surface area (Å²) in [5.41, 5.74) is -0.212. The Labute approximate surface area is 191 Å². The predicted molar refractivity (Wildman–Crippen MR) is 115 cm³/mol. The maximum absolute atomic E-state index is 12.9. The van der Waals surface area contributed by atoms with Crippen LogP contribution in [-0.4, -0.2) is 61.4 Å². The number of cyclic esters (lactones) is 1. The smallest absolute Gasteiger partial charge is 0.331 e. The summed E-state index contributed by atoms with van der Waals surface area (Å²) in [5.74, 6) is -1.39. The van der Waals surface area contributed by atoms with Crippen LogP contribution >= 0.6 is 0 Å². The molecule has 33 heavy (non-hydrogen) atoms. The van der Waals surface area contributed by atoms with Crippen LogP contribution in [-0.2, 0) is 19.1 Å². The van der Waals surface area contributed by atoms with Crippen LogP contribution in [0.5, 0.6) is 17.2 Å². The lowest BCUT2D eigenvalue weighted by molar-refractivity contribution is -0.151. The number of ether oxygens (including phenoxy) is 5. The molecular formula is C23H26N2O8. The van der Waals surface area contributed by atoms with Crippen molar-refractivity contribution in [2.24, 2.45) is 0 Å². The lowest BCUT2D eigenvalue weighted by atomic mass is 10.2. The highest BCUT2D eigenvalue weighted by Gasteiger charge is 2.31. The Hall–Kier alpha value is -3.66. The van der Waals surface area contributed by atoms with Gasteiger partial charge in [0, 0.05) is 25.6 Å². The normalized spacial score (nSPS) is 20.9. The number of esters is 2. The van der Waals surface area contributed by atoms with Gasteiger partial charge in [0.1, 0.15) is 18.0 Å². The van der Waals surface area contributed by atoms with E-state index in [4.69, 9.17) is 23.7 Å². The first-order chi connectivity index (χ1) is 15.9. The molecule has 1 amide bonds. The van der Waals surface area contributed by atoms with Crippen molar-refractivity contribution in [1.29, 1.82) is 0 Å². The monoisotopic (exact) mass is 458 g/mol. The fourth-order valence-corrected chi connectivity index (χ4v) is 3.25. The van der Waals surface area contributed by atoms with Gasteiger partial charge in [-0.1, -0.05) is 18.2 Å². The Morgan fingerprint density at radius 3 is 2.61 bits per heavy atom. The van der Waals surface area contributed by atoms with Gasteiger partial charge in [-0.2, -0.15) is 0 Å². The van der Waals surface area contributed by atoms with Crippen LogP contribution in [0.2, 0.25) is 0 Å². The van der Waals surface area contributed by atoms with E-state index in [1.165, 1.54) is 26.3 Å². The Morgan fingerprint density at radius 1 is 1.15 bits per heavy atom. The van der Waals surface area contributed by atoms with Gasteiger partial charge in [-0.3, -0.25) is 9.59 Å². The summed E-state index contributed by atoms with van der Waals surface area (Å²) >= 11 is 0. The van der Waals surface area contributed by atoms with Gasteiger partial charge >= 0.3 is 11.9 Å². The number of methoxy groups -OCH3 is 1. The van der Waals surface area contributed by atoms with Crippen LogP contribution in [0.1, 0.15) is 30.8 Å². The highest BCUT2D eigenvalue weighted by atomic mass is 16.6. The molecule has 1 aliphatic heterocycles. The van der Waals surface area contributed by atoms with E-state index < -0.39 is 30.0 Å². The van der Waals surface area contributed by atoms with E-state index in [1.54, 1.807) is 6.92 Å². The van der Waals surface area contributed by atoms with Crippen molar-refractivity contribution in [3.63, 3.8) is 0 Å². The summed E-state index contributed by atoms with van der Waals surface area (Å²) in [7, 11) is 1.36. The number of carbonyl (C=O) groups excluding carboxylic acids is 3. The van der Waals surface area contributed by atoms with E-state index in [1.807, 2.05) is 30.3 Å². The largest absolute Gasteiger partial charge is 0.493 e. The van der Waals surface area contributed by atoms with E-state index >= 15 is 0 Å². The predicted octanol–water partition coefficient (Wildman–Crippen LogP) is 1.91. The number of para-hydroxylation sites is 1. The summed E-state index contributed by atoms with van der Waals surface area (Å²) in [4.78, 5) is 41.0. The topological polar surface area (TPSA) is 122 Å². The number of benzene rings is 1. The zero-order valence-corrected chi connectivity index (χ0v) is 18.6. The van der Waals surface area contributed by atoms with Gasteiger partial charge in [0.25, 0.3) is 5.91 Å². The van der Waals surface area contributed by atoms with Gasteiger partial charge in [0.15, 0.2) is 17.5 Å². The number of pyridine rings is 1. The number of nitrogens with zero attached hydrogens (tertiary/aromatic N) is 1. The quantitative estimate of drug-likeness (QED) is 0.647. The molecule has 2 aromatic rings. The zero-order valence-electron chi connectivity index (χ0n) is 18.6. The third-order valence-electron chi connectivity index (χ3n) is 4.69. The SMILES string of the molecule is COc1ccnc(C(=O)N[C@H]2COCC(Oc3ccccc3)CC(C)OC2=O)c1OC(C)=O. The van der Waals surface area contributed by atoms with Crippen LogP contribution < -0.4 is 19.5 Å². The fourth-order valence-electron chi connectivity index (χ4n) is 3.25. The number of hydrogen-bond donors (Lipinski definition) is 1. The van der Waals surface area contributed by atoms with Gasteiger partial charge in [-0.15, -0.1) is 0 Å². The molecule has 1 aromatic heterocycles. The first kappa shape index (κ1) is 24.0. The molecule has 0 bridgehead atoms. The van der Waals surface area contributed by atoms with Crippen molar-refractivity contribution in [3.8, 4) is 17.2 Å². The molecule has 1 aromatic carbocycles. The molecule has 3 rings (SSSR count). The maximum atomic E-state index is 12.9. The highest BCUT2D eigenvalue weighted by Crippen LogP contribution is 2.29. The number of amides is 1. The molecule has 1 fully saturated rings. The molecule has 1 saturated heterocycles. The van der Waals surface area contributed by atoms with Gasteiger partial charge in [-0.05, 0) is 19.1 Å². The lowest BCUT2D eigenvalue weighted by Gasteiger charge is -2.21. The summed E-state index contributed by atoms with van der Waals surface area (Å²) < 4.78 is 27.4. The molecule has 1 N–H and O–H groups in total. The third-order valence-corrected chi connectivity index (χ3v) is 4.69. The zero-order chi connectivity index (χ0) is 23.8. The van der Waals surface area contributed by atoms with Gasteiger partial charge < -0.3 is 29.0 Å².